The van der Waals surface area contributed by atoms with Crippen LogP contribution in [0.1, 0.15) is 52.0 Å². The number of thioether (sulfide) groups is 1. The zero-order chi connectivity index (χ0) is 29.9. The van der Waals surface area contributed by atoms with Crippen LogP contribution in [-0.4, -0.2) is 69.6 Å². The Morgan fingerprint density at radius 2 is 1.83 bits per heavy atom. The summed E-state index contributed by atoms with van der Waals surface area (Å²) < 4.78 is 4.79. The van der Waals surface area contributed by atoms with Crippen molar-refractivity contribution >= 4 is 35.2 Å². The number of unbranched alkanes of at least 4 members (excludes halogenated alkanes) is 2. The van der Waals surface area contributed by atoms with Crippen molar-refractivity contribution in [2.24, 2.45) is 17.8 Å². The SMILES string of the molecule is CCCCCNC(=O)C1N([C@@H](CO)Cc2ccccc2)C(=O)[C@@H]2[C@H](C(=O)Nc3ccc(OCC)cc3)[C@@H]3CC(C)C12S3. The van der Waals surface area contributed by atoms with Crippen molar-refractivity contribution in [3.63, 3.8) is 0 Å². The highest BCUT2D eigenvalue weighted by Crippen LogP contribution is 2.68. The summed E-state index contributed by atoms with van der Waals surface area (Å²) >= 11 is 1.65. The lowest BCUT2D eigenvalue weighted by Gasteiger charge is -2.40. The molecular weight excluding hydrogens is 550 g/mol. The van der Waals surface area contributed by atoms with Gasteiger partial charge in [0.1, 0.15) is 11.8 Å². The topological polar surface area (TPSA) is 108 Å². The fourth-order valence-electron chi connectivity index (χ4n) is 7.30. The van der Waals surface area contributed by atoms with Crippen molar-refractivity contribution in [2.75, 3.05) is 25.1 Å². The van der Waals surface area contributed by atoms with Crippen LogP contribution in [0, 0.1) is 17.8 Å². The minimum absolute atomic E-state index is 0.0587. The second-order valence-electron chi connectivity index (χ2n) is 11.8. The third-order valence-corrected chi connectivity index (χ3v) is 11.2. The molecule has 3 heterocycles. The lowest BCUT2D eigenvalue weighted by molar-refractivity contribution is -0.142. The van der Waals surface area contributed by atoms with E-state index in [-0.39, 0.29) is 35.5 Å². The van der Waals surface area contributed by atoms with Gasteiger partial charge in [0.15, 0.2) is 0 Å². The van der Waals surface area contributed by atoms with E-state index < -0.39 is 28.7 Å². The number of aliphatic hydroxyl groups excluding tert-OH is 1. The monoisotopic (exact) mass is 593 g/mol. The molecule has 1 spiro atoms. The number of amides is 3. The Bertz CT molecular complexity index is 1260. The maximum Gasteiger partial charge on any atom is 0.244 e. The second kappa shape index (κ2) is 13.1. The molecule has 3 fully saturated rings. The van der Waals surface area contributed by atoms with E-state index in [9.17, 15) is 19.5 Å². The van der Waals surface area contributed by atoms with Crippen LogP contribution in [0.2, 0.25) is 0 Å². The molecule has 2 bridgehead atoms. The normalized spacial score (nSPS) is 28.4. The Morgan fingerprint density at radius 3 is 2.50 bits per heavy atom. The second-order valence-corrected chi connectivity index (χ2v) is 13.3. The van der Waals surface area contributed by atoms with Gasteiger partial charge in [-0.1, -0.05) is 57.0 Å². The molecule has 2 aromatic carbocycles. The van der Waals surface area contributed by atoms with Gasteiger partial charge in [-0.2, -0.15) is 0 Å². The maximum absolute atomic E-state index is 14.5. The Hall–Kier alpha value is -3.04. The number of nitrogens with zero attached hydrogens (tertiary/aromatic N) is 1. The highest BCUT2D eigenvalue weighted by atomic mass is 32.2. The van der Waals surface area contributed by atoms with E-state index in [1.165, 1.54) is 0 Å². The van der Waals surface area contributed by atoms with Gasteiger partial charge in [0.25, 0.3) is 0 Å². The average Bonchev–Trinajstić information content (AvgIpc) is 3.59. The third kappa shape index (κ3) is 5.53. The smallest absolute Gasteiger partial charge is 0.244 e. The molecule has 3 saturated heterocycles. The van der Waals surface area contributed by atoms with Crippen LogP contribution in [0.15, 0.2) is 54.6 Å². The minimum atomic E-state index is -0.759. The number of ether oxygens (including phenoxy) is 1. The molecule has 0 aromatic heterocycles. The number of hydrogen-bond acceptors (Lipinski definition) is 6. The number of hydrogen-bond donors (Lipinski definition) is 3. The van der Waals surface area contributed by atoms with Gasteiger partial charge < -0.3 is 25.4 Å². The van der Waals surface area contributed by atoms with Gasteiger partial charge >= 0.3 is 0 Å². The molecule has 5 rings (SSSR count). The molecular formula is C33H43N3O5S. The quantitative estimate of drug-likeness (QED) is 0.300. The predicted molar refractivity (Wildman–Crippen MR) is 165 cm³/mol. The summed E-state index contributed by atoms with van der Waals surface area (Å²) in [4.78, 5) is 44.1. The van der Waals surface area contributed by atoms with Crippen molar-refractivity contribution < 1.29 is 24.2 Å². The van der Waals surface area contributed by atoms with E-state index in [1.54, 1.807) is 28.8 Å². The zero-order valence-electron chi connectivity index (χ0n) is 24.8. The van der Waals surface area contributed by atoms with Gasteiger partial charge in [-0.05, 0) is 61.9 Å². The van der Waals surface area contributed by atoms with Crippen molar-refractivity contribution in [1.29, 1.82) is 0 Å². The number of rotatable bonds is 13. The molecule has 0 aliphatic carbocycles. The molecule has 2 aromatic rings. The molecule has 8 nitrogen and oxygen atoms in total. The Morgan fingerprint density at radius 1 is 1.10 bits per heavy atom. The average molecular weight is 594 g/mol. The van der Waals surface area contributed by atoms with E-state index in [0.29, 0.717) is 25.3 Å². The first-order valence-corrected chi connectivity index (χ1v) is 16.2. The Balaban J connectivity index is 1.47. The summed E-state index contributed by atoms with van der Waals surface area (Å²) in [7, 11) is 0. The minimum Gasteiger partial charge on any atom is -0.494 e. The maximum atomic E-state index is 14.5. The first-order valence-electron chi connectivity index (χ1n) is 15.3. The van der Waals surface area contributed by atoms with Crippen LogP contribution in [0.25, 0.3) is 0 Å². The van der Waals surface area contributed by atoms with Gasteiger partial charge in [-0.3, -0.25) is 14.4 Å². The van der Waals surface area contributed by atoms with Crippen LogP contribution in [0.5, 0.6) is 5.75 Å². The largest absolute Gasteiger partial charge is 0.494 e. The van der Waals surface area contributed by atoms with E-state index in [2.05, 4.69) is 24.5 Å². The molecule has 9 heteroatoms. The van der Waals surface area contributed by atoms with E-state index in [1.807, 2.05) is 49.4 Å². The predicted octanol–water partition coefficient (Wildman–Crippen LogP) is 4.27. The first kappa shape index (κ1) is 30.4. The van der Waals surface area contributed by atoms with Crippen LogP contribution < -0.4 is 15.4 Å². The van der Waals surface area contributed by atoms with E-state index >= 15 is 0 Å². The van der Waals surface area contributed by atoms with Crippen LogP contribution >= 0.6 is 11.8 Å². The fourth-order valence-corrected chi connectivity index (χ4v) is 9.71. The molecule has 3 aliphatic heterocycles. The Labute approximate surface area is 253 Å². The number of aliphatic hydroxyl groups is 1. The lowest BCUT2D eigenvalue weighted by atomic mass is 9.66. The number of fused-ring (bicyclic) bond motifs is 1. The number of likely N-dealkylation sites (tertiary alicyclic amines) is 1. The highest BCUT2D eigenvalue weighted by Gasteiger charge is 2.76. The molecule has 3 N–H and O–H groups in total. The van der Waals surface area contributed by atoms with Crippen molar-refractivity contribution in [1.82, 2.24) is 10.2 Å². The summed E-state index contributed by atoms with van der Waals surface area (Å²) in [6.45, 7) is 6.97. The van der Waals surface area contributed by atoms with Crippen LogP contribution in [0.3, 0.4) is 0 Å². The summed E-state index contributed by atoms with van der Waals surface area (Å²) in [6.07, 6.45) is 4.10. The molecule has 7 atom stereocenters. The number of nitrogens with one attached hydrogen (secondary N) is 2. The summed E-state index contributed by atoms with van der Waals surface area (Å²) in [5.41, 5.74) is 1.62. The third-order valence-electron chi connectivity index (χ3n) is 9.17. The summed E-state index contributed by atoms with van der Waals surface area (Å²) in [5.74, 6) is -1.01. The molecule has 3 aliphatic rings. The molecule has 42 heavy (non-hydrogen) atoms. The van der Waals surface area contributed by atoms with Gasteiger partial charge in [-0.15, -0.1) is 11.8 Å². The van der Waals surface area contributed by atoms with Gasteiger partial charge in [-0.25, -0.2) is 0 Å². The highest BCUT2D eigenvalue weighted by molar-refractivity contribution is 8.02. The van der Waals surface area contributed by atoms with Crippen LogP contribution in [0.4, 0.5) is 5.69 Å². The van der Waals surface area contributed by atoms with Gasteiger partial charge in [0, 0.05) is 17.5 Å². The number of carbonyl (C=O) groups excluding carboxylic acids is 3. The van der Waals surface area contributed by atoms with Crippen molar-refractivity contribution in [3.8, 4) is 5.75 Å². The summed E-state index contributed by atoms with van der Waals surface area (Å²) in [6, 6.07) is 15.6. The molecule has 0 saturated carbocycles. The fraction of sp³-hybridized carbons (Fsp3) is 0.545. The number of carbonyl (C=O) groups is 3. The van der Waals surface area contributed by atoms with Crippen molar-refractivity contribution in [3.05, 3.63) is 60.2 Å². The van der Waals surface area contributed by atoms with E-state index in [4.69, 9.17) is 4.74 Å². The molecule has 226 valence electrons. The summed E-state index contributed by atoms with van der Waals surface area (Å²) in [5, 5.41) is 16.7. The van der Waals surface area contributed by atoms with E-state index in [0.717, 1.165) is 37.0 Å². The van der Waals surface area contributed by atoms with Gasteiger partial charge in [0.2, 0.25) is 17.7 Å². The first-order chi connectivity index (χ1) is 20.3. The number of benzene rings is 2. The number of anilines is 1. The lowest BCUT2D eigenvalue weighted by Crippen LogP contribution is -2.58. The molecule has 3 amide bonds. The zero-order valence-corrected chi connectivity index (χ0v) is 25.6. The van der Waals surface area contributed by atoms with Gasteiger partial charge in [0.05, 0.1) is 35.8 Å². The van der Waals surface area contributed by atoms with Crippen molar-refractivity contribution in [2.45, 2.75) is 75.0 Å². The molecule has 3 unspecified atom stereocenters. The molecule has 0 radical (unpaired) electrons. The van der Waals surface area contributed by atoms with Crippen LogP contribution in [-0.2, 0) is 20.8 Å². The Kier molecular flexibility index (Phi) is 9.47. The standard InChI is InChI=1S/C33H43N3O5S/c1-4-6-10-17-34-31(39)29-33-21(3)18-26(42-33)27(30(38)35-23-13-15-25(16-14-23)41-5-2)28(33)32(40)36(29)24(20-37)19-22-11-8-7-9-12-22/h7-9,11-16,21,24,26-29,37H,4-6,10,17-20H2,1-3H3,(H,34,39)(H,35,38)/t21?,24-,26+,27-,28+,29?,33?/m1/s1.